The number of hydrogen-bond donors (Lipinski definition) is 1. The third-order valence-electron chi connectivity index (χ3n) is 3.76. The van der Waals surface area contributed by atoms with Gasteiger partial charge in [-0.25, -0.2) is 0 Å². The number of carbonyl (C=O) groups is 1. The van der Waals surface area contributed by atoms with Gasteiger partial charge in [-0.2, -0.15) is 0 Å². The Balaban J connectivity index is 1.93. The Bertz CT molecular complexity index is 504. The van der Waals surface area contributed by atoms with Gasteiger partial charge >= 0.3 is 0 Å². The van der Waals surface area contributed by atoms with Crippen LogP contribution in [0.5, 0.6) is 5.75 Å². The summed E-state index contributed by atoms with van der Waals surface area (Å²) in [6, 6.07) is 5.78. The summed E-state index contributed by atoms with van der Waals surface area (Å²) in [6.07, 6.45) is 1.47. The summed E-state index contributed by atoms with van der Waals surface area (Å²) in [7, 11) is 1.96. The zero-order valence-corrected chi connectivity index (χ0v) is 14.6. The number of carbonyl (C=O) groups excluding carboxylic acids is 1. The van der Waals surface area contributed by atoms with Crippen molar-refractivity contribution in [2.75, 3.05) is 20.1 Å². The SMILES string of the molecule is CNC1CCN(C(=O)C(C)Oc2ccc(Cl)cc2Br)CC1. The van der Waals surface area contributed by atoms with Gasteiger partial charge in [0.15, 0.2) is 6.10 Å². The summed E-state index contributed by atoms with van der Waals surface area (Å²) in [5, 5.41) is 3.88. The van der Waals surface area contributed by atoms with Crippen molar-refractivity contribution in [1.82, 2.24) is 10.2 Å². The molecule has 0 saturated carbocycles. The highest BCUT2D eigenvalue weighted by Crippen LogP contribution is 2.29. The zero-order chi connectivity index (χ0) is 15.4. The summed E-state index contributed by atoms with van der Waals surface area (Å²) in [4.78, 5) is 14.3. The first-order valence-electron chi connectivity index (χ1n) is 7.09. The fraction of sp³-hybridized carbons (Fsp3) is 0.533. The van der Waals surface area contributed by atoms with Crippen LogP contribution in [0.4, 0.5) is 0 Å². The highest BCUT2D eigenvalue weighted by molar-refractivity contribution is 9.10. The number of nitrogens with one attached hydrogen (secondary N) is 1. The first-order chi connectivity index (χ1) is 10.0. The van der Waals surface area contributed by atoms with Crippen molar-refractivity contribution in [3.8, 4) is 5.75 Å². The molecular formula is C15H20BrClN2O2. The molecule has 1 aromatic carbocycles. The molecular weight excluding hydrogens is 356 g/mol. The number of amides is 1. The number of halogens is 2. The number of nitrogens with zero attached hydrogens (tertiary/aromatic N) is 1. The quantitative estimate of drug-likeness (QED) is 0.879. The smallest absolute Gasteiger partial charge is 0.263 e. The molecule has 2 rings (SSSR count). The van der Waals surface area contributed by atoms with E-state index in [-0.39, 0.29) is 5.91 Å². The molecule has 1 heterocycles. The number of hydrogen-bond acceptors (Lipinski definition) is 3. The predicted octanol–water partition coefficient (Wildman–Crippen LogP) is 3.08. The van der Waals surface area contributed by atoms with Crippen molar-refractivity contribution in [1.29, 1.82) is 0 Å². The van der Waals surface area contributed by atoms with Gasteiger partial charge in [-0.1, -0.05) is 11.6 Å². The summed E-state index contributed by atoms with van der Waals surface area (Å²) in [5.41, 5.74) is 0. The molecule has 0 bridgehead atoms. The maximum absolute atomic E-state index is 12.4. The molecule has 4 nitrogen and oxygen atoms in total. The fourth-order valence-electron chi connectivity index (χ4n) is 2.46. The Hall–Kier alpha value is -0.780. The van der Waals surface area contributed by atoms with Crippen LogP contribution in [0.1, 0.15) is 19.8 Å². The molecule has 1 N–H and O–H groups in total. The van der Waals surface area contributed by atoms with Crippen LogP contribution in [-0.4, -0.2) is 43.1 Å². The van der Waals surface area contributed by atoms with Gasteiger partial charge in [0.05, 0.1) is 4.47 Å². The second-order valence-electron chi connectivity index (χ2n) is 5.22. The average molecular weight is 376 g/mol. The van der Waals surface area contributed by atoms with Gasteiger partial charge in [0, 0.05) is 24.2 Å². The fourth-order valence-corrected chi connectivity index (χ4v) is 3.23. The molecule has 0 aliphatic carbocycles. The maximum atomic E-state index is 12.4. The van der Waals surface area contributed by atoms with E-state index in [0.717, 1.165) is 30.4 Å². The Morgan fingerprint density at radius 2 is 2.14 bits per heavy atom. The normalized spacial score (nSPS) is 17.6. The molecule has 1 unspecified atom stereocenters. The molecule has 0 radical (unpaired) electrons. The Morgan fingerprint density at radius 3 is 2.71 bits per heavy atom. The highest BCUT2D eigenvalue weighted by atomic mass is 79.9. The van der Waals surface area contributed by atoms with Crippen LogP contribution < -0.4 is 10.1 Å². The Labute approximate surface area is 138 Å². The number of likely N-dealkylation sites (tertiary alicyclic amines) is 1. The summed E-state index contributed by atoms with van der Waals surface area (Å²) < 4.78 is 6.51. The van der Waals surface area contributed by atoms with Crippen LogP contribution in [0.25, 0.3) is 0 Å². The maximum Gasteiger partial charge on any atom is 0.263 e. The zero-order valence-electron chi connectivity index (χ0n) is 12.2. The lowest BCUT2D eigenvalue weighted by Gasteiger charge is -2.33. The van der Waals surface area contributed by atoms with E-state index in [0.29, 0.717) is 16.8 Å². The Morgan fingerprint density at radius 1 is 1.48 bits per heavy atom. The molecule has 1 saturated heterocycles. The Kier molecular flexibility index (Phi) is 5.90. The van der Waals surface area contributed by atoms with E-state index in [2.05, 4.69) is 21.2 Å². The van der Waals surface area contributed by atoms with Crippen LogP contribution in [0.2, 0.25) is 5.02 Å². The van der Waals surface area contributed by atoms with E-state index < -0.39 is 6.10 Å². The average Bonchev–Trinajstić information content (AvgIpc) is 2.49. The first-order valence-corrected chi connectivity index (χ1v) is 8.26. The van der Waals surface area contributed by atoms with Gasteiger partial charge in [0.1, 0.15) is 5.75 Å². The molecule has 1 fully saturated rings. The number of rotatable bonds is 4. The molecule has 6 heteroatoms. The number of ether oxygens (including phenoxy) is 1. The summed E-state index contributed by atoms with van der Waals surface area (Å²) in [5.74, 6) is 0.664. The number of piperidine rings is 1. The molecule has 0 aromatic heterocycles. The van der Waals surface area contributed by atoms with Crippen LogP contribution in [0, 0.1) is 0 Å². The second-order valence-corrected chi connectivity index (χ2v) is 6.51. The van der Waals surface area contributed by atoms with E-state index >= 15 is 0 Å². The first kappa shape index (κ1) is 16.6. The summed E-state index contributed by atoms with van der Waals surface area (Å²) in [6.45, 7) is 3.34. The number of benzene rings is 1. The van der Waals surface area contributed by atoms with E-state index in [1.54, 1.807) is 25.1 Å². The standard InChI is InChI=1S/C15H20BrClN2O2/c1-10(21-14-4-3-11(17)9-13(14)16)15(20)19-7-5-12(18-2)6-8-19/h3-4,9-10,12,18H,5-8H2,1-2H3. The van der Waals surface area contributed by atoms with Gasteiger partial charge in [-0.05, 0) is 60.9 Å². The van der Waals surface area contributed by atoms with E-state index in [4.69, 9.17) is 16.3 Å². The van der Waals surface area contributed by atoms with Gasteiger partial charge in [0.25, 0.3) is 5.91 Å². The van der Waals surface area contributed by atoms with Crippen LogP contribution >= 0.6 is 27.5 Å². The lowest BCUT2D eigenvalue weighted by molar-refractivity contribution is -0.139. The van der Waals surface area contributed by atoms with E-state index in [1.165, 1.54) is 0 Å². The minimum Gasteiger partial charge on any atom is -0.480 e. The van der Waals surface area contributed by atoms with Crippen molar-refractivity contribution in [3.05, 3.63) is 27.7 Å². The van der Waals surface area contributed by atoms with Crippen LogP contribution in [-0.2, 0) is 4.79 Å². The van der Waals surface area contributed by atoms with Gasteiger partial charge in [-0.15, -0.1) is 0 Å². The predicted molar refractivity (Wildman–Crippen MR) is 87.9 cm³/mol. The van der Waals surface area contributed by atoms with Crippen LogP contribution in [0.15, 0.2) is 22.7 Å². The third kappa shape index (κ3) is 4.34. The lowest BCUT2D eigenvalue weighted by atomic mass is 10.0. The monoisotopic (exact) mass is 374 g/mol. The molecule has 21 heavy (non-hydrogen) atoms. The third-order valence-corrected chi connectivity index (χ3v) is 4.62. The van der Waals surface area contributed by atoms with Crippen LogP contribution in [0.3, 0.4) is 0 Å². The van der Waals surface area contributed by atoms with E-state index in [1.807, 2.05) is 11.9 Å². The van der Waals surface area contributed by atoms with Crippen molar-refractivity contribution >= 4 is 33.4 Å². The molecule has 1 atom stereocenters. The largest absolute Gasteiger partial charge is 0.480 e. The molecule has 1 amide bonds. The lowest BCUT2D eigenvalue weighted by Crippen LogP contribution is -2.48. The minimum absolute atomic E-state index is 0.0337. The van der Waals surface area contributed by atoms with Crippen molar-refractivity contribution in [2.24, 2.45) is 0 Å². The highest BCUT2D eigenvalue weighted by Gasteiger charge is 2.26. The molecule has 1 aromatic rings. The molecule has 1 aliphatic heterocycles. The van der Waals surface area contributed by atoms with Gasteiger partial charge in [-0.3, -0.25) is 4.79 Å². The molecule has 116 valence electrons. The topological polar surface area (TPSA) is 41.6 Å². The molecule has 1 aliphatic rings. The van der Waals surface area contributed by atoms with Gasteiger partial charge in [0.2, 0.25) is 0 Å². The summed E-state index contributed by atoms with van der Waals surface area (Å²) >= 11 is 9.29. The second kappa shape index (κ2) is 7.47. The van der Waals surface area contributed by atoms with Crippen molar-refractivity contribution in [3.63, 3.8) is 0 Å². The van der Waals surface area contributed by atoms with Crippen molar-refractivity contribution < 1.29 is 9.53 Å². The van der Waals surface area contributed by atoms with Gasteiger partial charge < -0.3 is 15.0 Å². The van der Waals surface area contributed by atoms with Crippen molar-refractivity contribution in [2.45, 2.75) is 31.9 Å². The molecule has 0 spiro atoms. The van der Waals surface area contributed by atoms with E-state index in [9.17, 15) is 4.79 Å². The minimum atomic E-state index is -0.506.